The average Bonchev–Trinajstić information content (AvgIpc) is 3.89. The summed E-state index contributed by atoms with van der Waals surface area (Å²) in [5, 5.41) is 10.9. The molecule has 1 aliphatic carbocycles. The van der Waals surface area contributed by atoms with Gasteiger partial charge >= 0.3 is 0 Å². The van der Waals surface area contributed by atoms with Crippen molar-refractivity contribution in [3.8, 4) is 45.7 Å². The molecule has 8 aromatic carbocycles. The summed E-state index contributed by atoms with van der Waals surface area (Å²) in [4.78, 5) is 20.6. The number of aromatic nitrogens is 6. The van der Waals surface area contributed by atoms with Gasteiger partial charge in [0.25, 0.3) is 0 Å². The molecule has 6 heteroatoms. The number of rotatable bonds is 5. The van der Waals surface area contributed by atoms with Crippen LogP contribution in [0.2, 0.25) is 0 Å². The number of hydrogen-bond acceptors (Lipinski definition) is 4. The first-order valence-electron chi connectivity index (χ1n) is 21.2. The first-order valence-corrected chi connectivity index (χ1v) is 21.2. The lowest BCUT2D eigenvalue weighted by Gasteiger charge is -2.17. The van der Waals surface area contributed by atoms with Crippen LogP contribution in [-0.2, 0) is 6.42 Å². The standard InChI is InChI=1S/C56H36N6/c1-4-18-35(19-5-1)45-34-38(32-33-57-45)61-46-30-16-14-28-43(46)49-51-48(39-24-10-12-26-41(39)52(49)61)40-25-11-13-27-42(40)53-50(51)44-29-15-17-31-47(44)62(53)56-59-54(36-20-6-2-7-21-36)58-55(60-56)37-22-8-3-9-23-37/h1-15,17-29,31-34H,16,30H2. The number of nitrogens with zero attached hydrogens (tertiary/aromatic N) is 6. The lowest BCUT2D eigenvalue weighted by molar-refractivity contribution is 0.888. The average molecular weight is 793 g/mol. The summed E-state index contributed by atoms with van der Waals surface area (Å²) in [5.74, 6) is 1.83. The summed E-state index contributed by atoms with van der Waals surface area (Å²) < 4.78 is 4.83. The number of allylic oxidation sites excluding steroid dienone is 1. The molecule has 0 unspecified atom stereocenters. The van der Waals surface area contributed by atoms with Crippen molar-refractivity contribution < 1.29 is 0 Å². The van der Waals surface area contributed by atoms with Crippen LogP contribution >= 0.6 is 0 Å². The molecule has 1 aliphatic rings. The second-order valence-corrected chi connectivity index (χ2v) is 16.1. The third-order valence-electron chi connectivity index (χ3n) is 12.6. The van der Waals surface area contributed by atoms with Crippen molar-refractivity contribution in [2.24, 2.45) is 0 Å². The number of fused-ring (bicyclic) bond motifs is 15. The number of para-hydroxylation sites is 1. The zero-order valence-electron chi connectivity index (χ0n) is 33.6. The van der Waals surface area contributed by atoms with Gasteiger partial charge in [-0.15, -0.1) is 0 Å². The van der Waals surface area contributed by atoms with Crippen molar-refractivity contribution in [3.05, 3.63) is 199 Å². The summed E-state index contributed by atoms with van der Waals surface area (Å²) in [7, 11) is 0. The Hall–Kier alpha value is -8.22. The molecule has 0 fully saturated rings. The summed E-state index contributed by atoms with van der Waals surface area (Å²) in [6, 6.07) is 62.0. The maximum Gasteiger partial charge on any atom is 0.238 e. The highest BCUT2D eigenvalue weighted by Gasteiger charge is 2.29. The first kappa shape index (κ1) is 34.6. The Morgan fingerprint density at radius 1 is 0.435 bits per heavy atom. The van der Waals surface area contributed by atoms with Crippen LogP contribution in [0, 0.1) is 0 Å². The van der Waals surface area contributed by atoms with Crippen molar-refractivity contribution in [1.29, 1.82) is 0 Å². The fourth-order valence-electron chi connectivity index (χ4n) is 10.1. The fraction of sp³-hybridized carbons (Fsp3) is 0.0357. The van der Waals surface area contributed by atoms with E-state index in [1.54, 1.807) is 0 Å². The minimum Gasteiger partial charge on any atom is -0.312 e. The van der Waals surface area contributed by atoms with Gasteiger partial charge in [0.15, 0.2) is 11.6 Å². The predicted octanol–water partition coefficient (Wildman–Crippen LogP) is 13.7. The summed E-state index contributed by atoms with van der Waals surface area (Å²) in [6.45, 7) is 0. The van der Waals surface area contributed by atoms with Gasteiger partial charge in [0, 0.05) is 72.1 Å². The smallest absolute Gasteiger partial charge is 0.238 e. The van der Waals surface area contributed by atoms with E-state index in [0.29, 0.717) is 17.6 Å². The van der Waals surface area contributed by atoms with E-state index in [9.17, 15) is 0 Å². The summed E-state index contributed by atoms with van der Waals surface area (Å²) in [5.41, 5.74) is 10.9. The van der Waals surface area contributed by atoms with E-state index in [-0.39, 0.29) is 0 Å². The molecule has 0 spiro atoms. The SMILES string of the molecule is C1=Cc2c(n(-c3ccnc(-c4ccccc4)c3)c3c4ccccc4c4c5ccccc5c5c(c6ccccc6n5-c5nc(-c6ccccc6)nc(-c6ccccc6)n5)c4c23)CC1. The third kappa shape index (κ3) is 5.10. The Morgan fingerprint density at radius 2 is 0.984 bits per heavy atom. The molecule has 0 saturated carbocycles. The molecule has 0 bridgehead atoms. The summed E-state index contributed by atoms with van der Waals surface area (Å²) >= 11 is 0. The maximum atomic E-state index is 5.34. The summed E-state index contributed by atoms with van der Waals surface area (Å²) in [6.07, 6.45) is 8.57. The second-order valence-electron chi connectivity index (χ2n) is 16.1. The van der Waals surface area contributed by atoms with E-state index < -0.39 is 0 Å². The molecule has 0 amide bonds. The predicted molar refractivity (Wildman–Crippen MR) is 255 cm³/mol. The molecule has 4 aromatic heterocycles. The van der Waals surface area contributed by atoms with E-state index in [0.717, 1.165) is 62.7 Å². The molecule has 0 radical (unpaired) electrons. The largest absolute Gasteiger partial charge is 0.312 e. The zero-order chi connectivity index (χ0) is 40.7. The Kier molecular flexibility index (Phi) is 7.63. The van der Waals surface area contributed by atoms with Gasteiger partial charge in [-0.05, 0) is 47.2 Å². The van der Waals surface area contributed by atoms with E-state index in [1.807, 2.05) is 42.6 Å². The van der Waals surface area contributed by atoms with Gasteiger partial charge in [0.2, 0.25) is 5.95 Å². The van der Waals surface area contributed by atoms with E-state index in [1.165, 1.54) is 54.5 Å². The van der Waals surface area contributed by atoms with Crippen molar-refractivity contribution >= 4 is 71.1 Å². The minimum absolute atomic E-state index is 0.579. The highest BCUT2D eigenvalue weighted by Crippen LogP contribution is 2.50. The van der Waals surface area contributed by atoms with Crippen molar-refractivity contribution in [1.82, 2.24) is 29.1 Å². The third-order valence-corrected chi connectivity index (χ3v) is 12.6. The lowest BCUT2D eigenvalue weighted by atomic mass is 9.88. The van der Waals surface area contributed by atoms with Crippen LogP contribution in [0.1, 0.15) is 17.7 Å². The molecule has 62 heavy (non-hydrogen) atoms. The molecule has 290 valence electrons. The van der Waals surface area contributed by atoms with Gasteiger partial charge in [-0.25, -0.2) is 4.98 Å². The molecule has 12 aromatic rings. The van der Waals surface area contributed by atoms with Crippen molar-refractivity contribution in [2.75, 3.05) is 0 Å². The normalized spacial score (nSPS) is 12.6. The van der Waals surface area contributed by atoms with Crippen LogP contribution in [-0.4, -0.2) is 29.1 Å². The molecule has 13 rings (SSSR count). The Bertz CT molecular complexity index is 3730. The Labute approximate surface area is 356 Å². The topological polar surface area (TPSA) is 61.4 Å². The quantitative estimate of drug-likeness (QED) is 0.163. The monoisotopic (exact) mass is 792 g/mol. The van der Waals surface area contributed by atoms with Crippen LogP contribution in [0.15, 0.2) is 188 Å². The van der Waals surface area contributed by atoms with Gasteiger partial charge in [-0.1, -0.05) is 170 Å². The molecular formula is C56H36N6. The lowest BCUT2D eigenvalue weighted by Crippen LogP contribution is -2.06. The molecular weight excluding hydrogens is 757 g/mol. The maximum absolute atomic E-state index is 5.34. The molecule has 0 atom stereocenters. The molecule has 0 N–H and O–H groups in total. The fourth-order valence-corrected chi connectivity index (χ4v) is 10.1. The van der Waals surface area contributed by atoms with E-state index >= 15 is 0 Å². The van der Waals surface area contributed by atoms with Gasteiger partial charge in [0.05, 0.1) is 22.2 Å². The molecule has 0 aliphatic heterocycles. The highest BCUT2D eigenvalue weighted by atomic mass is 15.2. The Balaban J connectivity index is 1.24. The van der Waals surface area contributed by atoms with Crippen molar-refractivity contribution in [3.63, 3.8) is 0 Å². The van der Waals surface area contributed by atoms with Crippen molar-refractivity contribution in [2.45, 2.75) is 12.8 Å². The van der Waals surface area contributed by atoms with Gasteiger partial charge in [-0.2, -0.15) is 9.97 Å². The van der Waals surface area contributed by atoms with E-state index in [2.05, 4.69) is 161 Å². The number of hydrogen-bond donors (Lipinski definition) is 0. The van der Waals surface area contributed by atoms with Crippen LogP contribution in [0.4, 0.5) is 0 Å². The first-order chi connectivity index (χ1) is 30.8. The number of pyridine rings is 1. The zero-order valence-corrected chi connectivity index (χ0v) is 33.6. The number of benzene rings is 8. The van der Waals surface area contributed by atoms with Crippen LogP contribution < -0.4 is 0 Å². The van der Waals surface area contributed by atoms with Gasteiger partial charge in [-0.3, -0.25) is 9.55 Å². The van der Waals surface area contributed by atoms with Crippen LogP contribution in [0.5, 0.6) is 0 Å². The second kappa shape index (κ2) is 13.7. The van der Waals surface area contributed by atoms with Crippen LogP contribution in [0.25, 0.3) is 117 Å². The highest BCUT2D eigenvalue weighted by molar-refractivity contribution is 6.43. The van der Waals surface area contributed by atoms with Gasteiger partial charge < -0.3 is 4.57 Å². The van der Waals surface area contributed by atoms with E-state index in [4.69, 9.17) is 19.9 Å². The van der Waals surface area contributed by atoms with Crippen LogP contribution in [0.3, 0.4) is 0 Å². The molecule has 4 heterocycles. The Morgan fingerprint density at radius 3 is 1.63 bits per heavy atom. The minimum atomic E-state index is 0.579. The van der Waals surface area contributed by atoms with Gasteiger partial charge in [0.1, 0.15) is 0 Å². The molecule has 6 nitrogen and oxygen atoms in total. The molecule has 0 saturated heterocycles.